The van der Waals surface area contributed by atoms with Crippen molar-refractivity contribution in [1.82, 2.24) is 0 Å². The molecule has 1 aliphatic heterocycles. The van der Waals surface area contributed by atoms with Crippen molar-refractivity contribution >= 4 is 27.7 Å². The summed E-state index contributed by atoms with van der Waals surface area (Å²) in [6.45, 7) is -0.0768. The summed E-state index contributed by atoms with van der Waals surface area (Å²) in [7, 11) is 0. The highest BCUT2D eigenvalue weighted by molar-refractivity contribution is 9.10. The molecule has 0 saturated heterocycles. The second-order valence-corrected chi connectivity index (χ2v) is 6.69. The molecule has 0 radical (unpaired) electrons. The summed E-state index contributed by atoms with van der Waals surface area (Å²) in [6, 6.07) is 11.8. The van der Waals surface area contributed by atoms with Gasteiger partial charge in [-0.25, -0.2) is 4.79 Å². The number of hydrogen-bond acceptors (Lipinski definition) is 2. The Morgan fingerprint density at radius 1 is 1.20 bits per heavy atom. The fourth-order valence-electron chi connectivity index (χ4n) is 2.90. The summed E-state index contributed by atoms with van der Waals surface area (Å²) >= 11 is 3.31. The second kappa shape index (κ2) is 7.07. The Labute approximate surface area is 151 Å². The molecule has 1 amide bonds. The molecule has 132 valence electrons. The molecule has 3 rings (SSSR count). The Morgan fingerprint density at radius 3 is 2.60 bits per heavy atom. The van der Waals surface area contributed by atoms with Gasteiger partial charge in [-0.15, -0.1) is 0 Å². The molecule has 25 heavy (non-hydrogen) atoms. The third-order valence-electron chi connectivity index (χ3n) is 4.08. The van der Waals surface area contributed by atoms with Gasteiger partial charge in [0, 0.05) is 4.47 Å². The minimum absolute atomic E-state index is 0.0768. The van der Waals surface area contributed by atoms with Gasteiger partial charge in [-0.05, 0) is 42.2 Å². The Hall–Kier alpha value is -2.02. The standard InChI is InChI=1S/C18H15BrF3NO2/c19-14-7-8-15-13(10-14)6-9-16(18(20,21)22)23(15)17(24)25-11-12-4-2-1-3-5-12/h1-5,7-8,10,16H,6,9,11H2. The van der Waals surface area contributed by atoms with Crippen LogP contribution < -0.4 is 4.90 Å². The lowest BCUT2D eigenvalue weighted by Crippen LogP contribution is -2.51. The molecule has 0 spiro atoms. The zero-order valence-corrected chi connectivity index (χ0v) is 14.7. The number of anilines is 1. The van der Waals surface area contributed by atoms with Crippen molar-refractivity contribution in [3.63, 3.8) is 0 Å². The fraction of sp³-hybridized carbons (Fsp3) is 0.278. The van der Waals surface area contributed by atoms with Crippen LogP contribution in [0.3, 0.4) is 0 Å². The van der Waals surface area contributed by atoms with E-state index < -0.39 is 18.3 Å². The molecule has 1 heterocycles. The van der Waals surface area contributed by atoms with Crippen molar-refractivity contribution in [2.45, 2.75) is 31.7 Å². The number of nitrogens with zero attached hydrogens (tertiary/aromatic N) is 1. The quantitative estimate of drug-likeness (QED) is 0.653. The highest BCUT2D eigenvalue weighted by atomic mass is 79.9. The lowest BCUT2D eigenvalue weighted by Gasteiger charge is -2.37. The normalized spacial score (nSPS) is 17.1. The molecule has 1 aliphatic rings. The summed E-state index contributed by atoms with van der Waals surface area (Å²) in [5.74, 6) is 0. The van der Waals surface area contributed by atoms with Gasteiger partial charge in [-0.2, -0.15) is 13.2 Å². The molecular weight excluding hydrogens is 399 g/mol. The number of ether oxygens (including phenoxy) is 1. The maximum absolute atomic E-state index is 13.4. The summed E-state index contributed by atoms with van der Waals surface area (Å²) < 4.78 is 46.2. The van der Waals surface area contributed by atoms with Crippen molar-refractivity contribution in [3.8, 4) is 0 Å². The molecule has 0 saturated carbocycles. The molecule has 0 N–H and O–H groups in total. The SMILES string of the molecule is O=C(OCc1ccccc1)N1c2ccc(Br)cc2CCC1C(F)(F)F. The first-order valence-electron chi connectivity index (χ1n) is 7.71. The number of rotatable bonds is 2. The van der Waals surface area contributed by atoms with Crippen LogP contribution in [-0.2, 0) is 17.8 Å². The van der Waals surface area contributed by atoms with Gasteiger partial charge in [0.2, 0.25) is 0 Å². The van der Waals surface area contributed by atoms with Crippen molar-refractivity contribution in [2.75, 3.05) is 4.90 Å². The summed E-state index contributed by atoms with van der Waals surface area (Å²) in [5.41, 5.74) is 1.65. The van der Waals surface area contributed by atoms with E-state index in [1.165, 1.54) is 6.07 Å². The van der Waals surface area contributed by atoms with Crippen LogP contribution in [-0.4, -0.2) is 18.3 Å². The number of carbonyl (C=O) groups is 1. The number of fused-ring (bicyclic) bond motifs is 1. The highest BCUT2D eigenvalue weighted by Crippen LogP contribution is 2.39. The molecule has 3 nitrogen and oxygen atoms in total. The predicted molar refractivity (Wildman–Crippen MR) is 91.4 cm³/mol. The van der Waals surface area contributed by atoms with E-state index in [9.17, 15) is 18.0 Å². The van der Waals surface area contributed by atoms with Crippen LogP contribution in [0.5, 0.6) is 0 Å². The van der Waals surface area contributed by atoms with Crippen LogP contribution in [0.1, 0.15) is 17.5 Å². The van der Waals surface area contributed by atoms with Crippen LogP contribution in [0.25, 0.3) is 0 Å². The number of halogens is 4. The Balaban J connectivity index is 1.87. The van der Waals surface area contributed by atoms with Crippen molar-refractivity contribution in [2.24, 2.45) is 0 Å². The topological polar surface area (TPSA) is 29.5 Å². The monoisotopic (exact) mass is 413 g/mol. The van der Waals surface area contributed by atoms with Gasteiger partial charge in [-0.1, -0.05) is 46.3 Å². The van der Waals surface area contributed by atoms with E-state index in [4.69, 9.17) is 4.74 Å². The number of carbonyl (C=O) groups excluding carboxylic acids is 1. The zero-order valence-electron chi connectivity index (χ0n) is 13.1. The molecule has 2 aromatic carbocycles. The Bertz CT molecular complexity index is 765. The average molecular weight is 414 g/mol. The molecule has 0 aliphatic carbocycles. The summed E-state index contributed by atoms with van der Waals surface area (Å²) in [4.78, 5) is 13.2. The maximum atomic E-state index is 13.4. The van der Waals surface area contributed by atoms with Crippen molar-refractivity contribution in [1.29, 1.82) is 0 Å². The van der Waals surface area contributed by atoms with Crippen LogP contribution in [0.15, 0.2) is 53.0 Å². The molecule has 1 atom stereocenters. The van der Waals surface area contributed by atoms with Crippen LogP contribution in [0, 0.1) is 0 Å². The third kappa shape index (κ3) is 3.98. The third-order valence-corrected chi connectivity index (χ3v) is 4.57. The average Bonchev–Trinajstić information content (AvgIpc) is 2.58. The molecule has 0 bridgehead atoms. The predicted octanol–water partition coefficient (Wildman–Crippen LogP) is 5.47. The maximum Gasteiger partial charge on any atom is 0.415 e. The van der Waals surface area contributed by atoms with Crippen molar-refractivity contribution < 1.29 is 22.7 Å². The number of aryl methyl sites for hydroxylation is 1. The van der Waals surface area contributed by atoms with Gasteiger partial charge in [-0.3, -0.25) is 4.90 Å². The van der Waals surface area contributed by atoms with Gasteiger partial charge in [0.15, 0.2) is 0 Å². The van der Waals surface area contributed by atoms with E-state index in [-0.39, 0.29) is 25.1 Å². The van der Waals surface area contributed by atoms with Crippen molar-refractivity contribution in [3.05, 3.63) is 64.1 Å². The Kier molecular flexibility index (Phi) is 5.03. The van der Waals surface area contributed by atoms with Gasteiger partial charge < -0.3 is 4.74 Å². The number of benzene rings is 2. The fourth-order valence-corrected chi connectivity index (χ4v) is 3.31. The summed E-state index contributed by atoms with van der Waals surface area (Å²) in [5, 5.41) is 0. The van der Waals surface area contributed by atoms with Crippen LogP contribution in [0.2, 0.25) is 0 Å². The lowest BCUT2D eigenvalue weighted by molar-refractivity contribution is -0.150. The van der Waals surface area contributed by atoms with E-state index in [2.05, 4.69) is 15.9 Å². The second-order valence-electron chi connectivity index (χ2n) is 5.78. The Morgan fingerprint density at radius 2 is 1.92 bits per heavy atom. The number of hydrogen-bond donors (Lipinski definition) is 0. The van der Waals surface area contributed by atoms with Gasteiger partial charge in [0.25, 0.3) is 0 Å². The number of amides is 1. The van der Waals surface area contributed by atoms with Gasteiger partial charge in [0.1, 0.15) is 12.6 Å². The van der Waals surface area contributed by atoms with E-state index in [0.717, 1.165) is 9.37 Å². The first-order chi connectivity index (χ1) is 11.9. The molecular formula is C18H15BrF3NO2. The minimum atomic E-state index is -4.52. The van der Waals surface area contributed by atoms with E-state index in [0.29, 0.717) is 11.1 Å². The molecule has 2 aromatic rings. The first-order valence-corrected chi connectivity index (χ1v) is 8.50. The highest BCUT2D eigenvalue weighted by Gasteiger charge is 2.48. The van der Waals surface area contributed by atoms with Crippen LogP contribution >= 0.6 is 15.9 Å². The molecule has 7 heteroatoms. The molecule has 1 unspecified atom stereocenters. The van der Waals surface area contributed by atoms with E-state index in [1.807, 2.05) is 6.07 Å². The van der Waals surface area contributed by atoms with E-state index >= 15 is 0 Å². The summed E-state index contributed by atoms with van der Waals surface area (Å²) in [6.07, 6.45) is -5.44. The molecule has 0 aromatic heterocycles. The largest absolute Gasteiger partial charge is 0.444 e. The zero-order chi connectivity index (χ0) is 18.0. The lowest BCUT2D eigenvalue weighted by atomic mass is 9.96. The number of alkyl halides is 3. The first kappa shape index (κ1) is 17.8. The van der Waals surface area contributed by atoms with E-state index in [1.54, 1.807) is 36.4 Å². The molecule has 0 fully saturated rings. The smallest absolute Gasteiger partial charge is 0.415 e. The van der Waals surface area contributed by atoms with Gasteiger partial charge in [0.05, 0.1) is 5.69 Å². The van der Waals surface area contributed by atoms with Crippen LogP contribution in [0.4, 0.5) is 23.7 Å². The van der Waals surface area contributed by atoms with Gasteiger partial charge >= 0.3 is 12.3 Å². The minimum Gasteiger partial charge on any atom is -0.444 e.